The lowest BCUT2D eigenvalue weighted by Gasteiger charge is -2.07. The van der Waals surface area contributed by atoms with Gasteiger partial charge in [-0.05, 0) is 32.7 Å². The van der Waals surface area contributed by atoms with Crippen LogP contribution < -0.4 is 11.1 Å². The van der Waals surface area contributed by atoms with Crippen LogP contribution in [0.5, 0.6) is 0 Å². The quantitative estimate of drug-likeness (QED) is 0.680. The number of unbranched alkanes of at least 4 members (excludes halogenated alkanes) is 3. The largest absolute Gasteiger partial charge is 0.370 e. The number of hydrogen-bond donors (Lipinski definition) is 2. The molecule has 3 N–H and O–H groups in total. The molecule has 0 unspecified atom stereocenters. The van der Waals surface area contributed by atoms with Crippen LogP contribution >= 0.6 is 0 Å². The van der Waals surface area contributed by atoms with Gasteiger partial charge in [0.25, 0.3) is 0 Å². The number of nitrogens with two attached hydrogens (primary N) is 1. The van der Waals surface area contributed by atoms with Crippen LogP contribution in [0.25, 0.3) is 0 Å². The molecule has 0 bridgehead atoms. The molecule has 0 aliphatic carbocycles. The molecule has 4 heteroatoms. The van der Waals surface area contributed by atoms with Crippen molar-refractivity contribution in [1.29, 1.82) is 0 Å². The summed E-state index contributed by atoms with van der Waals surface area (Å²) in [6.45, 7) is 5.83. The maximum absolute atomic E-state index is 5.45. The van der Waals surface area contributed by atoms with E-state index in [4.69, 9.17) is 5.73 Å². The van der Waals surface area contributed by atoms with Crippen LogP contribution in [-0.4, -0.2) is 23.1 Å². The molecule has 1 heterocycles. The second-order valence-corrected chi connectivity index (χ2v) is 4.27. The summed E-state index contributed by atoms with van der Waals surface area (Å²) >= 11 is 0. The topological polar surface area (TPSA) is 63.8 Å². The smallest absolute Gasteiger partial charge is 0.129 e. The van der Waals surface area contributed by atoms with Crippen LogP contribution in [0.4, 0.5) is 5.82 Å². The molecule has 0 radical (unpaired) electrons. The Balaban J connectivity index is 2.28. The van der Waals surface area contributed by atoms with E-state index in [0.717, 1.165) is 43.3 Å². The second-order valence-electron chi connectivity index (χ2n) is 4.27. The Morgan fingerprint density at radius 2 is 1.94 bits per heavy atom. The second kappa shape index (κ2) is 8.01. The first-order valence-corrected chi connectivity index (χ1v) is 6.54. The van der Waals surface area contributed by atoms with Gasteiger partial charge in [0, 0.05) is 18.3 Å². The van der Waals surface area contributed by atoms with E-state index in [1.807, 2.05) is 13.0 Å². The van der Waals surface area contributed by atoms with Gasteiger partial charge in [-0.2, -0.15) is 0 Å². The van der Waals surface area contributed by atoms with Gasteiger partial charge in [0.2, 0.25) is 0 Å². The van der Waals surface area contributed by atoms with Crippen molar-refractivity contribution in [1.82, 2.24) is 9.97 Å². The maximum atomic E-state index is 5.45. The molecular weight excluding hydrogens is 212 g/mol. The SMILES string of the molecule is CCc1cc(NCCCCCCN)nc(C)n1. The Morgan fingerprint density at radius 1 is 1.18 bits per heavy atom. The van der Waals surface area contributed by atoms with Crippen LogP contribution in [0.1, 0.15) is 44.1 Å². The zero-order chi connectivity index (χ0) is 12.5. The number of aryl methyl sites for hydroxylation is 2. The normalized spacial score (nSPS) is 10.5. The fraction of sp³-hybridized carbons (Fsp3) is 0.692. The molecule has 0 spiro atoms. The summed E-state index contributed by atoms with van der Waals surface area (Å²) < 4.78 is 0. The molecule has 1 aromatic rings. The highest BCUT2D eigenvalue weighted by atomic mass is 15.0. The summed E-state index contributed by atoms with van der Waals surface area (Å²) in [7, 11) is 0. The number of nitrogens with zero attached hydrogens (tertiary/aromatic N) is 2. The standard InChI is InChI=1S/C13H24N4/c1-3-12-10-13(17-11(2)16-12)15-9-7-5-4-6-8-14/h10H,3-9,14H2,1-2H3,(H,15,16,17). The van der Waals surface area contributed by atoms with E-state index in [1.165, 1.54) is 19.3 Å². The summed E-state index contributed by atoms with van der Waals surface area (Å²) in [5.74, 6) is 1.79. The molecule has 0 aliphatic rings. The third-order valence-corrected chi connectivity index (χ3v) is 2.69. The predicted octanol–water partition coefficient (Wildman–Crippen LogP) is 2.28. The van der Waals surface area contributed by atoms with Crippen molar-refractivity contribution in [2.75, 3.05) is 18.4 Å². The lowest BCUT2D eigenvalue weighted by molar-refractivity contribution is 0.660. The average molecular weight is 236 g/mol. The van der Waals surface area contributed by atoms with Gasteiger partial charge in [-0.15, -0.1) is 0 Å². The van der Waals surface area contributed by atoms with Crippen LogP contribution in [0.2, 0.25) is 0 Å². The molecule has 1 aromatic heterocycles. The Bertz CT molecular complexity index is 325. The fourth-order valence-corrected chi connectivity index (χ4v) is 1.74. The minimum Gasteiger partial charge on any atom is -0.370 e. The van der Waals surface area contributed by atoms with Gasteiger partial charge in [0.05, 0.1) is 0 Å². The van der Waals surface area contributed by atoms with Gasteiger partial charge in [-0.3, -0.25) is 0 Å². The molecule has 4 nitrogen and oxygen atoms in total. The highest BCUT2D eigenvalue weighted by Gasteiger charge is 1.99. The highest BCUT2D eigenvalue weighted by Crippen LogP contribution is 2.08. The van der Waals surface area contributed by atoms with Crippen LogP contribution in [0.3, 0.4) is 0 Å². The molecule has 96 valence electrons. The van der Waals surface area contributed by atoms with Crippen molar-refractivity contribution < 1.29 is 0 Å². The van der Waals surface area contributed by atoms with Crippen molar-refractivity contribution in [3.8, 4) is 0 Å². The number of hydrogen-bond acceptors (Lipinski definition) is 4. The van der Waals surface area contributed by atoms with Crippen molar-refractivity contribution in [3.63, 3.8) is 0 Å². The van der Waals surface area contributed by atoms with E-state index in [0.29, 0.717) is 0 Å². The van der Waals surface area contributed by atoms with E-state index >= 15 is 0 Å². The summed E-state index contributed by atoms with van der Waals surface area (Å²) in [5.41, 5.74) is 6.55. The van der Waals surface area contributed by atoms with E-state index in [2.05, 4.69) is 22.2 Å². The van der Waals surface area contributed by atoms with E-state index in [9.17, 15) is 0 Å². The van der Waals surface area contributed by atoms with Crippen molar-refractivity contribution in [2.24, 2.45) is 5.73 Å². The first kappa shape index (κ1) is 13.9. The van der Waals surface area contributed by atoms with Gasteiger partial charge in [0.15, 0.2) is 0 Å². The van der Waals surface area contributed by atoms with Crippen LogP contribution in [0.15, 0.2) is 6.07 Å². The summed E-state index contributed by atoms with van der Waals surface area (Å²) in [4.78, 5) is 8.73. The van der Waals surface area contributed by atoms with Gasteiger partial charge in [-0.1, -0.05) is 19.8 Å². The van der Waals surface area contributed by atoms with E-state index in [-0.39, 0.29) is 0 Å². The minimum atomic E-state index is 0.804. The molecule has 0 amide bonds. The van der Waals surface area contributed by atoms with Gasteiger partial charge in [0.1, 0.15) is 11.6 Å². The van der Waals surface area contributed by atoms with Crippen LogP contribution in [0, 0.1) is 6.92 Å². The predicted molar refractivity (Wildman–Crippen MR) is 72.2 cm³/mol. The Hall–Kier alpha value is -1.16. The molecular formula is C13H24N4. The van der Waals surface area contributed by atoms with Gasteiger partial charge >= 0.3 is 0 Å². The number of anilines is 1. The molecule has 0 atom stereocenters. The lowest BCUT2D eigenvalue weighted by atomic mass is 10.2. The molecule has 0 saturated carbocycles. The van der Waals surface area contributed by atoms with Crippen molar-refractivity contribution in [3.05, 3.63) is 17.6 Å². The molecule has 0 fully saturated rings. The zero-order valence-electron chi connectivity index (χ0n) is 11.0. The van der Waals surface area contributed by atoms with Crippen molar-refractivity contribution >= 4 is 5.82 Å². The molecule has 0 aromatic carbocycles. The number of rotatable bonds is 8. The Kier molecular flexibility index (Phi) is 6.55. The summed E-state index contributed by atoms with van der Waals surface area (Å²) in [5, 5.41) is 3.35. The first-order valence-electron chi connectivity index (χ1n) is 6.54. The van der Waals surface area contributed by atoms with Gasteiger partial charge < -0.3 is 11.1 Å². The highest BCUT2D eigenvalue weighted by molar-refractivity contribution is 5.35. The number of aromatic nitrogens is 2. The Morgan fingerprint density at radius 3 is 2.65 bits per heavy atom. The van der Waals surface area contributed by atoms with E-state index < -0.39 is 0 Å². The van der Waals surface area contributed by atoms with Crippen LogP contribution in [-0.2, 0) is 6.42 Å². The third kappa shape index (κ3) is 5.63. The third-order valence-electron chi connectivity index (χ3n) is 2.69. The van der Waals surface area contributed by atoms with Gasteiger partial charge in [-0.25, -0.2) is 9.97 Å². The lowest BCUT2D eigenvalue weighted by Crippen LogP contribution is -2.06. The van der Waals surface area contributed by atoms with E-state index in [1.54, 1.807) is 0 Å². The number of nitrogens with one attached hydrogen (secondary N) is 1. The monoisotopic (exact) mass is 236 g/mol. The minimum absolute atomic E-state index is 0.804. The summed E-state index contributed by atoms with van der Waals surface area (Å²) in [6.07, 6.45) is 5.71. The molecule has 17 heavy (non-hydrogen) atoms. The molecule has 0 saturated heterocycles. The maximum Gasteiger partial charge on any atom is 0.129 e. The molecule has 0 aliphatic heterocycles. The summed E-state index contributed by atoms with van der Waals surface area (Å²) in [6, 6.07) is 2.03. The average Bonchev–Trinajstić information content (AvgIpc) is 2.33. The first-order chi connectivity index (χ1) is 8.26. The zero-order valence-corrected chi connectivity index (χ0v) is 11.0. The fourth-order valence-electron chi connectivity index (χ4n) is 1.74. The Labute approximate surface area is 104 Å². The van der Waals surface area contributed by atoms with Crippen molar-refractivity contribution in [2.45, 2.75) is 46.0 Å². The molecule has 1 rings (SSSR count).